The molecule has 5 rings (SSSR count). The largest absolute Gasteiger partial charge is 0.422 e. The monoisotopic (exact) mass is 421 g/mol. The normalized spacial score (nSPS) is 11.5. The van der Waals surface area contributed by atoms with Gasteiger partial charge in [0.05, 0.1) is 11.3 Å². The summed E-state index contributed by atoms with van der Waals surface area (Å²) >= 11 is 1.31. The summed E-state index contributed by atoms with van der Waals surface area (Å²) in [5.74, 6) is 0. The standard InChI is InChI=1S/C25H15N3O2S/c26-13-17(14-27-18-7-2-1-3-8-18)24-28-22(15-31-24)21-12-20-19-9-5-4-6-16(19)10-11-23(20)30-25(21)29/h1-12,14-15,27H/b17-14+. The number of hydrogen-bond acceptors (Lipinski definition) is 6. The lowest BCUT2D eigenvalue weighted by molar-refractivity contribution is 0.563. The zero-order valence-electron chi connectivity index (χ0n) is 16.2. The van der Waals surface area contributed by atoms with Crippen LogP contribution < -0.4 is 10.9 Å². The quantitative estimate of drug-likeness (QED) is 0.217. The molecule has 0 amide bonds. The fraction of sp³-hybridized carbons (Fsp3) is 0. The molecule has 31 heavy (non-hydrogen) atoms. The first-order valence-electron chi connectivity index (χ1n) is 9.57. The van der Waals surface area contributed by atoms with E-state index in [1.807, 2.05) is 66.7 Å². The Bertz CT molecular complexity index is 1540. The molecule has 0 spiro atoms. The first kappa shape index (κ1) is 18.8. The van der Waals surface area contributed by atoms with Crippen molar-refractivity contribution >= 4 is 44.3 Å². The van der Waals surface area contributed by atoms with Crippen LogP contribution in [0.5, 0.6) is 0 Å². The SMILES string of the molecule is N#C/C(=C\Nc1ccccc1)c1nc(-c2cc3c(ccc4ccccc43)oc2=O)cs1. The van der Waals surface area contributed by atoms with Gasteiger partial charge in [0.2, 0.25) is 0 Å². The van der Waals surface area contributed by atoms with Crippen molar-refractivity contribution in [2.45, 2.75) is 0 Å². The maximum absolute atomic E-state index is 12.6. The van der Waals surface area contributed by atoms with E-state index in [4.69, 9.17) is 4.42 Å². The molecule has 0 aliphatic rings. The third-order valence-electron chi connectivity index (χ3n) is 4.93. The van der Waals surface area contributed by atoms with Crippen LogP contribution in [0.15, 0.2) is 93.6 Å². The van der Waals surface area contributed by atoms with Crippen molar-refractivity contribution in [3.8, 4) is 17.3 Å². The molecule has 0 saturated carbocycles. The third kappa shape index (κ3) is 3.59. The van der Waals surface area contributed by atoms with Crippen LogP contribution in [0.4, 0.5) is 5.69 Å². The number of rotatable bonds is 4. The molecule has 1 N–H and O–H groups in total. The van der Waals surface area contributed by atoms with Crippen LogP contribution in [0, 0.1) is 11.3 Å². The molecule has 3 aromatic carbocycles. The van der Waals surface area contributed by atoms with E-state index in [0.717, 1.165) is 21.8 Å². The van der Waals surface area contributed by atoms with Crippen LogP contribution in [-0.4, -0.2) is 4.98 Å². The lowest BCUT2D eigenvalue weighted by Crippen LogP contribution is -2.03. The number of para-hydroxylation sites is 1. The number of nitrogens with one attached hydrogen (secondary N) is 1. The van der Waals surface area contributed by atoms with Gasteiger partial charge in [0, 0.05) is 22.7 Å². The van der Waals surface area contributed by atoms with Crippen LogP contribution >= 0.6 is 11.3 Å². The van der Waals surface area contributed by atoms with Crippen molar-refractivity contribution in [2.75, 3.05) is 5.32 Å². The van der Waals surface area contributed by atoms with E-state index < -0.39 is 5.63 Å². The van der Waals surface area contributed by atoms with Crippen molar-refractivity contribution in [3.05, 3.63) is 99.8 Å². The molecule has 0 unspecified atom stereocenters. The Kier molecular flexibility index (Phi) is 4.79. The van der Waals surface area contributed by atoms with E-state index >= 15 is 0 Å². The molecule has 2 heterocycles. The number of hydrogen-bond donors (Lipinski definition) is 1. The molecule has 5 aromatic rings. The Morgan fingerprint density at radius 1 is 1.03 bits per heavy atom. The topological polar surface area (TPSA) is 78.9 Å². The lowest BCUT2D eigenvalue weighted by Gasteiger charge is -2.04. The van der Waals surface area contributed by atoms with Gasteiger partial charge in [-0.3, -0.25) is 0 Å². The van der Waals surface area contributed by atoms with Gasteiger partial charge in [0.1, 0.15) is 22.2 Å². The van der Waals surface area contributed by atoms with Crippen LogP contribution in [0.3, 0.4) is 0 Å². The average Bonchev–Trinajstić information content (AvgIpc) is 3.29. The molecule has 0 radical (unpaired) electrons. The molecule has 6 heteroatoms. The minimum absolute atomic E-state index is 0.375. The van der Waals surface area contributed by atoms with E-state index in [9.17, 15) is 10.1 Å². The second kappa shape index (κ2) is 7.90. The second-order valence-corrected chi connectivity index (χ2v) is 7.72. The van der Waals surface area contributed by atoms with Gasteiger partial charge in [0.15, 0.2) is 0 Å². The van der Waals surface area contributed by atoms with Gasteiger partial charge in [-0.1, -0.05) is 48.5 Å². The zero-order chi connectivity index (χ0) is 21.2. The van der Waals surface area contributed by atoms with Gasteiger partial charge < -0.3 is 9.73 Å². The zero-order valence-corrected chi connectivity index (χ0v) is 17.0. The van der Waals surface area contributed by atoms with Crippen molar-refractivity contribution in [1.29, 1.82) is 5.26 Å². The summed E-state index contributed by atoms with van der Waals surface area (Å²) in [6.07, 6.45) is 1.62. The molecule has 2 aromatic heterocycles. The van der Waals surface area contributed by atoms with Crippen LogP contribution in [0.1, 0.15) is 5.01 Å². The molecule has 0 saturated heterocycles. The molecule has 148 valence electrons. The van der Waals surface area contributed by atoms with Gasteiger partial charge in [-0.2, -0.15) is 5.26 Å². The predicted octanol–water partition coefficient (Wildman–Crippen LogP) is 6.05. The number of allylic oxidation sites excluding steroid dienone is 1. The van der Waals surface area contributed by atoms with E-state index in [2.05, 4.69) is 16.4 Å². The van der Waals surface area contributed by atoms with Crippen LogP contribution in [-0.2, 0) is 0 Å². The highest BCUT2D eigenvalue weighted by Gasteiger charge is 2.15. The van der Waals surface area contributed by atoms with Gasteiger partial charge in [-0.15, -0.1) is 11.3 Å². The first-order chi connectivity index (χ1) is 15.2. The summed E-state index contributed by atoms with van der Waals surface area (Å²) in [5.41, 5.74) is 2.20. The molecule has 0 aliphatic carbocycles. The Balaban J connectivity index is 1.56. The fourth-order valence-electron chi connectivity index (χ4n) is 3.40. The van der Waals surface area contributed by atoms with Gasteiger partial charge in [0.25, 0.3) is 0 Å². The number of nitriles is 1. The molecule has 0 atom stereocenters. The number of thiazole rings is 1. The highest BCUT2D eigenvalue weighted by molar-refractivity contribution is 7.11. The van der Waals surface area contributed by atoms with E-state index in [-0.39, 0.29) is 0 Å². The Labute approximate surface area is 181 Å². The highest BCUT2D eigenvalue weighted by atomic mass is 32.1. The lowest BCUT2D eigenvalue weighted by atomic mass is 10.0. The maximum atomic E-state index is 12.6. The third-order valence-corrected chi connectivity index (χ3v) is 5.81. The molecule has 0 fully saturated rings. The van der Waals surface area contributed by atoms with Gasteiger partial charge >= 0.3 is 5.63 Å². The Morgan fingerprint density at radius 3 is 2.68 bits per heavy atom. The number of anilines is 1. The average molecular weight is 421 g/mol. The smallest absolute Gasteiger partial charge is 0.345 e. The molecular formula is C25H15N3O2S. The van der Waals surface area contributed by atoms with E-state index in [1.54, 1.807) is 17.6 Å². The second-order valence-electron chi connectivity index (χ2n) is 6.86. The maximum Gasteiger partial charge on any atom is 0.345 e. The Morgan fingerprint density at radius 2 is 1.84 bits per heavy atom. The highest BCUT2D eigenvalue weighted by Crippen LogP contribution is 2.29. The van der Waals surface area contributed by atoms with Crippen LogP contribution in [0.25, 0.3) is 38.6 Å². The van der Waals surface area contributed by atoms with Crippen LogP contribution in [0.2, 0.25) is 0 Å². The fourth-order valence-corrected chi connectivity index (χ4v) is 4.19. The summed E-state index contributed by atoms with van der Waals surface area (Å²) < 4.78 is 5.57. The van der Waals surface area contributed by atoms with E-state index in [1.165, 1.54) is 11.3 Å². The number of benzene rings is 3. The van der Waals surface area contributed by atoms with Crippen molar-refractivity contribution < 1.29 is 4.42 Å². The van der Waals surface area contributed by atoms with Crippen molar-refractivity contribution in [1.82, 2.24) is 4.98 Å². The molecular weight excluding hydrogens is 406 g/mol. The minimum Gasteiger partial charge on any atom is -0.422 e. The number of fused-ring (bicyclic) bond motifs is 3. The Hall–Kier alpha value is -4.21. The first-order valence-corrected chi connectivity index (χ1v) is 10.4. The summed E-state index contributed by atoms with van der Waals surface area (Å²) in [4.78, 5) is 17.2. The molecule has 0 bridgehead atoms. The van der Waals surface area contributed by atoms with Crippen molar-refractivity contribution in [2.24, 2.45) is 0 Å². The van der Waals surface area contributed by atoms with Gasteiger partial charge in [-0.05, 0) is 35.0 Å². The summed E-state index contributed by atoms with van der Waals surface area (Å²) in [7, 11) is 0. The molecule has 5 nitrogen and oxygen atoms in total. The van der Waals surface area contributed by atoms with E-state index in [0.29, 0.717) is 27.4 Å². The summed E-state index contributed by atoms with van der Waals surface area (Å²) in [6, 6.07) is 25.2. The number of nitrogens with zero attached hydrogens (tertiary/aromatic N) is 2. The summed E-state index contributed by atoms with van der Waals surface area (Å²) in [6.45, 7) is 0. The van der Waals surface area contributed by atoms with Crippen molar-refractivity contribution in [3.63, 3.8) is 0 Å². The van der Waals surface area contributed by atoms with Gasteiger partial charge in [-0.25, -0.2) is 9.78 Å². The molecule has 0 aliphatic heterocycles. The summed E-state index contributed by atoms with van der Waals surface area (Å²) in [5, 5.41) is 17.9. The minimum atomic E-state index is -0.454. The predicted molar refractivity (Wildman–Crippen MR) is 125 cm³/mol. The number of aromatic nitrogens is 1.